The van der Waals surface area contributed by atoms with E-state index in [0.717, 1.165) is 0 Å². The van der Waals surface area contributed by atoms with Crippen LogP contribution in [-0.2, 0) is 37.8 Å². The maximum absolute atomic E-state index is 11.9. The summed E-state index contributed by atoms with van der Waals surface area (Å²) < 4.78 is 30.7. The molecule has 128 valence electrons. The van der Waals surface area contributed by atoms with Crippen molar-refractivity contribution in [2.45, 2.75) is 18.2 Å². The van der Waals surface area contributed by atoms with Crippen molar-refractivity contribution >= 4 is 21.8 Å². The van der Waals surface area contributed by atoms with Gasteiger partial charge in [-0.25, -0.2) is 22.9 Å². The van der Waals surface area contributed by atoms with Crippen molar-refractivity contribution < 1.29 is 27.3 Å². The predicted octanol–water partition coefficient (Wildman–Crippen LogP) is -0.376. The Labute approximate surface area is 139 Å². The van der Waals surface area contributed by atoms with Gasteiger partial charge in [-0.2, -0.15) is 4.57 Å². The number of esters is 1. The van der Waals surface area contributed by atoms with Gasteiger partial charge in [0.15, 0.2) is 5.69 Å². The minimum absolute atomic E-state index is 0.00747. The standard InChI is InChI=1S/C15H18N3O5S/c1-3-23-15(20)14(19)8-12-9-17(2)10-18(12)11-4-6-13(7-5-11)24(16,21)22/h4-7,9-10H,3,8H2,1-2H3,(H2,16,21,22)/q+1. The van der Waals surface area contributed by atoms with Crippen LogP contribution in [0.3, 0.4) is 0 Å². The van der Waals surface area contributed by atoms with E-state index < -0.39 is 21.8 Å². The number of aromatic nitrogens is 2. The molecule has 1 aromatic carbocycles. The third-order valence-corrected chi connectivity index (χ3v) is 4.18. The van der Waals surface area contributed by atoms with Crippen LogP contribution in [0.25, 0.3) is 5.69 Å². The van der Waals surface area contributed by atoms with Gasteiger partial charge in [-0.15, -0.1) is 0 Å². The summed E-state index contributed by atoms with van der Waals surface area (Å²) in [5, 5.41) is 5.07. The number of imidazole rings is 1. The van der Waals surface area contributed by atoms with Crippen LogP contribution in [0, 0.1) is 0 Å². The molecule has 0 saturated heterocycles. The Morgan fingerprint density at radius 2 is 1.88 bits per heavy atom. The van der Waals surface area contributed by atoms with Gasteiger partial charge in [-0.1, -0.05) is 0 Å². The zero-order valence-corrected chi connectivity index (χ0v) is 14.1. The van der Waals surface area contributed by atoms with Crippen LogP contribution in [0.15, 0.2) is 41.7 Å². The zero-order valence-electron chi connectivity index (χ0n) is 13.3. The number of carbonyl (C=O) groups excluding carboxylic acids is 2. The van der Waals surface area contributed by atoms with E-state index in [1.165, 1.54) is 12.1 Å². The van der Waals surface area contributed by atoms with E-state index >= 15 is 0 Å². The molecule has 0 fully saturated rings. The normalized spacial score (nSPS) is 11.3. The number of sulfonamides is 1. The molecule has 2 rings (SSSR count). The highest BCUT2D eigenvalue weighted by molar-refractivity contribution is 7.89. The molecule has 2 N–H and O–H groups in total. The van der Waals surface area contributed by atoms with E-state index in [0.29, 0.717) is 11.4 Å². The minimum Gasteiger partial charge on any atom is -0.460 e. The number of primary sulfonamides is 1. The molecule has 0 aliphatic heterocycles. The number of nitrogens with zero attached hydrogens (tertiary/aromatic N) is 2. The highest BCUT2D eigenvalue weighted by atomic mass is 32.2. The lowest BCUT2D eigenvalue weighted by Crippen LogP contribution is -2.24. The van der Waals surface area contributed by atoms with E-state index in [1.54, 1.807) is 47.8 Å². The van der Waals surface area contributed by atoms with E-state index in [4.69, 9.17) is 9.88 Å². The van der Waals surface area contributed by atoms with Crippen LogP contribution in [0.2, 0.25) is 0 Å². The van der Waals surface area contributed by atoms with E-state index in [-0.39, 0.29) is 17.9 Å². The molecule has 0 unspecified atom stereocenters. The Kier molecular flexibility index (Phi) is 5.15. The van der Waals surface area contributed by atoms with Gasteiger partial charge in [0, 0.05) is 0 Å². The SMILES string of the molecule is CCOC(=O)C(=O)Cc1c[n+](C)cn1-c1ccc(S(N)(=O)=O)cc1. The highest BCUT2D eigenvalue weighted by Crippen LogP contribution is 2.15. The number of rotatable bonds is 6. The smallest absolute Gasteiger partial charge is 0.375 e. The van der Waals surface area contributed by atoms with Crippen molar-refractivity contribution in [1.82, 2.24) is 4.57 Å². The first-order chi connectivity index (χ1) is 11.2. The minimum atomic E-state index is -3.77. The summed E-state index contributed by atoms with van der Waals surface area (Å²) in [6, 6.07) is 5.89. The van der Waals surface area contributed by atoms with Crippen LogP contribution in [-0.4, -0.2) is 31.3 Å². The summed E-state index contributed by atoms with van der Waals surface area (Å²) in [6.07, 6.45) is 3.28. The van der Waals surface area contributed by atoms with Crippen molar-refractivity contribution in [1.29, 1.82) is 0 Å². The van der Waals surface area contributed by atoms with E-state index in [2.05, 4.69) is 0 Å². The molecule has 9 heteroatoms. The van der Waals surface area contributed by atoms with Gasteiger partial charge >= 0.3 is 5.97 Å². The first kappa shape index (κ1) is 17.8. The average Bonchev–Trinajstić information content (AvgIpc) is 2.87. The van der Waals surface area contributed by atoms with Gasteiger partial charge in [0.25, 0.3) is 0 Å². The summed E-state index contributed by atoms with van der Waals surface area (Å²) in [7, 11) is -2.00. The second-order valence-electron chi connectivity index (χ2n) is 5.13. The largest absolute Gasteiger partial charge is 0.460 e. The summed E-state index contributed by atoms with van der Waals surface area (Å²) in [6.45, 7) is 1.76. The molecule has 1 aromatic heterocycles. The third-order valence-electron chi connectivity index (χ3n) is 3.25. The fourth-order valence-electron chi connectivity index (χ4n) is 2.19. The Hall–Kier alpha value is -2.52. The highest BCUT2D eigenvalue weighted by Gasteiger charge is 2.22. The number of ketones is 1. The number of aryl methyl sites for hydroxylation is 1. The first-order valence-electron chi connectivity index (χ1n) is 7.12. The lowest BCUT2D eigenvalue weighted by atomic mass is 10.2. The number of benzene rings is 1. The van der Waals surface area contributed by atoms with Crippen LogP contribution >= 0.6 is 0 Å². The van der Waals surface area contributed by atoms with Crippen molar-refractivity contribution in [3.63, 3.8) is 0 Å². The molecule has 1 heterocycles. The molecule has 0 radical (unpaired) electrons. The van der Waals surface area contributed by atoms with Crippen molar-refractivity contribution in [2.24, 2.45) is 12.2 Å². The molecule has 0 amide bonds. The fourth-order valence-corrected chi connectivity index (χ4v) is 2.71. The molecular formula is C15H18N3O5S+. The lowest BCUT2D eigenvalue weighted by molar-refractivity contribution is -0.670. The quantitative estimate of drug-likeness (QED) is 0.433. The van der Waals surface area contributed by atoms with Crippen molar-refractivity contribution in [3.8, 4) is 5.69 Å². The number of hydrogen-bond acceptors (Lipinski definition) is 5. The zero-order chi connectivity index (χ0) is 17.9. The van der Waals surface area contributed by atoms with Gasteiger partial charge in [-0.3, -0.25) is 4.79 Å². The van der Waals surface area contributed by atoms with E-state index in [9.17, 15) is 18.0 Å². The second-order valence-corrected chi connectivity index (χ2v) is 6.69. The molecule has 0 bridgehead atoms. The maximum Gasteiger partial charge on any atom is 0.375 e. The number of nitrogens with two attached hydrogens (primary N) is 1. The molecule has 8 nitrogen and oxygen atoms in total. The lowest BCUT2D eigenvalue weighted by Gasteiger charge is -2.03. The summed E-state index contributed by atoms with van der Waals surface area (Å²) in [5.74, 6) is -1.53. The van der Waals surface area contributed by atoms with Crippen LogP contribution in [0.4, 0.5) is 0 Å². The van der Waals surface area contributed by atoms with Gasteiger partial charge < -0.3 is 4.74 Å². The molecule has 0 spiro atoms. The predicted molar refractivity (Wildman–Crippen MR) is 83.7 cm³/mol. The summed E-state index contributed by atoms with van der Waals surface area (Å²) >= 11 is 0. The molecule has 0 aliphatic carbocycles. The van der Waals surface area contributed by atoms with Crippen LogP contribution < -0.4 is 9.71 Å². The Morgan fingerprint density at radius 3 is 2.42 bits per heavy atom. The van der Waals surface area contributed by atoms with Crippen molar-refractivity contribution in [2.75, 3.05) is 6.61 Å². The Morgan fingerprint density at radius 1 is 1.25 bits per heavy atom. The fraction of sp³-hybridized carbons (Fsp3) is 0.267. The topological polar surface area (TPSA) is 112 Å². The van der Waals surface area contributed by atoms with Gasteiger partial charge in [0.05, 0.1) is 25.0 Å². The maximum atomic E-state index is 11.9. The van der Waals surface area contributed by atoms with Crippen LogP contribution in [0.5, 0.6) is 0 Å². The number of ether oxygens (including phenoxy) is 1. The molecule has 0 atom stereocenters. The summed E-state index contributed by atoms with van der Waals surface area (Å²) in [4.78, 5) is 23.4. The number of hydrogen-bond donors (Lipinski definition) is 1. The second kappa shape index (κ2) is 6.93. The number of carbonyl (C=O) groups is 2. The molecule has 0 saturated carbocycles. The number of Topliss-reactive ketones (excluding diaryl/α,β-unsaturated/α-hetero) is 1. The molecule has 24 heavy (non-hydrogen) atoms. The average molecular weight is 352 g/mol. The summed E-state index contributed by atoms with van der Waals surface area (Å²) in [5.41, 5.74) is 1.20. The molecule has 0 aliphatic rings. The molecule has 2 aromatic rings. The third kappa shape index (κ3) is 4.06. The van der Waals surface area contributed by atoms with E-state index in [1.807, 2.05) is 0 Å². The Bertz CT molecular complexity index is 869. The monoisotopic (exact) mass is 352 g/mol. The van der Waals surface area contributed by atoms with Crippen molar-refractivity contribution in [3.05, 3.63) is 42.5 Å². The Balaban J connectivity index is 2.32. The first-order valence-corrected chi connectivity index (χ1v) is 8.66. The van der Waals surface area contributed by atoms with Crippen LogP contribution in [0.1, 0.15) is 12.6 Å². The van der Waals surface area contributed by atoms with Gasteiger partial charge in [-0.05, 0) is 31.2 Å². The van der Waals surface area contributed by atoms with Gasteiger partial charge in [0.2, 0.25) is 22.1 Å². The molecular weight excluding hydrogens is 334 g/mol. The van der Waals surface area contributed by atoms with Gasteiger partial charge in [0.1, 0.15) is 11.9 Å².